The number of nitriles is 1. The maximum absolute atomic E-state index is 13.5. The first-order valence-electron chi connectivity index (χ1n) is 10.6. The summed E-state index contributed by atoms with van der Waals surface area (Å²) in [6.07, 6.45) is 1.84. The van der Waals surface area contributed by atoms with Crippen molar-refractivity contribution < 1.29 is 31.8 Å². The maximum Gasteiger partial charge on any atom is 0.356 e. The number of halogens is 2. The molecule has 0 radical (unpaired) electrons. The van der Waals surface area contributed by atoms with Crippen LogP contribution in [0.3, 0.4) is 0 Å². The Morgan fingerprint density at radius 1 is 1.22 bits per heavy atom. The van der Waals surface area contributed by atoms with Crippen molar-refractivity contribution in [1.29, 1.82) is 5.26 Å². The lowest BCUT2D eigenvalue weighted by Gasteiger charge is -2.18. The summed E-state index contributed by atoms with van der Waals surface area (Å²) >= 11 is 0. The van der Waals surface area contributed by atoms with Crippen LogP contribution in [0.1, 0.15) is 22.5 Å². The molecule has 3 aromatic rings. The first-order chi connectivity index (χ1) is 17.0. The molecular formula is C23H17F2N5O5S. The highest BCUT2D eigenvalue weighted by Crippen LogP contribution is 2.52. The molecule has 1 fully saturated rings. The van der Waals surface area contributed by atoms with E-state index in [0.29, 0.717) is 16.8 Å². The molecule has 0 saturated heterocycles. The molecule has 2 aliphatic rings. The predicted molar refractivity (Wildman–Crippen MR) is 123 cm³/mol. The van der Waals surface area contributed by atoms with Crippen molar-refractivity contribution in [3.8, 4) is 28.8 Å². The monoisotopic (exact) mass is 513 g/mol. The Bertz CT molecular complexity index is 1540. The quantitative estimate of drug-likeness (QED) is 0.527. The van der Waals surface area contributed by atoms with Gasteiger partial charge in [-0.05, 0) is 35.9 Å². The Labute approximate surface area is 204 Å². The van der Waals surface area contributed by atoms with Crippen LogP contribution < -0.4 is 13.3 Å². The highest BCUT2D eigenvalue weighted by molar-refractivity contribution is 7.94. The largest absolute Gasteiger partial charge is 0.476 e. The molecule has 1 N–H and O–H groups in total. The van der Waals surface area contributed by atoms with E-state index in [1.807, 2.05) is 0 Å². The van der Waals surface area contributed by atoms with E-state index in [1.165, 1.54) is 25.2 Å². The van der Waals surface area contributed by atoms with Gasteiger partial charge in [0, 0.05) is 31.5 Å². The highest BCUT2D eigenvalue weighted by Gasteiger charge is 2.59. The molecule has 0 spiro atoms. The minimum atomic E-state index is -4.02. The normalized spacial score (nSPS) is 18.9. The standard InChI is InChI=1S/C23H17F2N5O5S/c1-29-20-6-13(3-5-19(20)30(36(29,33)34)12-15-8-23(15,24)25)17-7-16(4-2-14(17)9-26)35-21-11-27-18(10-28-21)22(31)32/h2-7,10-11,15H,8,12H2,1H3,(H,31,32). The van der Waals surface area contributed by atoms with Crippen LogP contribution in [-0.4, -0.2) is 49.0 Å². The van der Waals surface area contributed by atoms with Crippen molar-refractivity contribution in [2.45, 2.75) is 12.3 Å². The lowest BCUT2D eigenvalue weighted by Crippen LogP contribution is -2.37. The molecule has 10 nitrogen and oxygen atoms in total. The van der Waals surface area contributed by atoms with Gasteiger partial charge in [-0.15, -0.1) is 0 Å². The first kappa shape index (κ1) is 23.4. The van der Waals surface area contributed by atoms with Gasteiger partial charge in [0.25, 0.3) is 5.92 Å². The molecule has 13 heteroatoms. The van der Waals surface area contributed by atoms with Crippen molar-refractivity contribution in [3.05, 3.63) is 60.0 Å². The van der Waals surface area contributed by atoms with Crippen molar-refractivity contribution in [1.82, 2.24) is 9.97 Å². The molecule has 1 atom stereocenters. The molecule has 1 unspecified atom stereocenters. The van der Waals surface area contributed by atoms with Gasteiger partial charge in [-0.2, -0.15) is 13.7 Å². The van der Waals surface area contributed by atoms with Crippen LogP contribution in [0.25, 0.3) is 11.1 Å². The van der Waals surface area contributed by atoms with E-state index >= 15 is 0 Å². The number of aromatic carboxylic acids is 1. The van der Waals surface area contributed by atoms with Crippen molar-refractivity contribution in [2.75, 3.05) is 22.2 Å². The number of carboxylic acids is 1. The zero-order valence-electron chi connectivity index (χ0n) is 18.6. The number of carboxylic acid groups (broad SMARTS) is 1. The minimum Gasteiger partial charge on any atom is -0.476 e. The zero-order chi connectivity index (χ0) is 25.8. The smallest absolute Gasteiger partial charge is 0.356 e. The van der Waals surface area contributed by atoms with Crippen LogP contribution in [0, 0.1) is 17.2 Å². The molecule has 0 amide bonds. The number of alkyl halides is 2. The summed E-state index contributed by atoms with van der Waals surface area (Å²) in [6, 6.07) is 11.4. The van der Waals surface area contributed by atoms with Gasteiger partial charge in [-0.25, -0.2) is 23.5 Å². The number of hydrogen-bond donors (Lipinski definition) is 1. The van der Waals surface area contributed by atoms with Gasteiger partial charge in [0.15, 0.2) is 5.69 Å². The third-order valence-electron chi connectivity index (χ3n) is 6.04. The molecule has 1 aliphatic carbocycles. The topological polar surface area (TPSA) is 137 Å². The Kier molecular flexibility index (Phi) is 5.29. The number of anilines is 2. The molecule has 184 valence electrons. The van der Waals surface area contributed by atoms with Gasteiger partial charge >= 0.3 is 16.2 Å². The number of benzene rings is 2. The second-order valence-corrected chi connectivity index (χ2v) is 10.2. The fourth-order valence-electron chi connectivity index (χ4n) is 3.93. The third kappa shape index (κ3) is 3.95. The van der Waals surface area contributed by atoms with Crippen LogP contribution in [0.2, 0.25) is 0 Å². The Morgan fingerprint density at radius 3 is 2.58 bits per heavy atom. The summed E-state index contributed by atoms with van der Waals surface area (Å²) in [5.74, 6) is -4.82. The average Bonchev–Trinajstić information content (AvgIpc) is 3.41. The number of nitrogens with zero attached hydrogens (tertiary/aromatic N) is 5. The number of rotatable bonds is 6. The summed E-state index contributed by atoms with van der Waals surface area (Å²) in [6.45, 7) is -0.319. The molecular weight excluding hydrogens is 496 g/mol. The Morgan fingerprint density at radius 2 is 1.97 bits per heavy atom. The van der Waals surface area contributed by atoms with Gasteiger partial charge in [0.05, 0.1) is 35.4 Å². The fraction of sp³-hybridized carbons (Fsp3) is 0.217. The lowest BCUT2D eigenvalue weighted by molar-refractivity contribution is 0.0689. The number of carbonyl (C=O) groups is 1. The lowest BCUT2D eigenvalue weighted by atomic mass is 9.99. The van der Waals surface area contributed by atoms with Crippen LogP contribution >= 0.6 is 0 Å². The van der Waals surface area contributed by atoms with Crippen LogP contribution in [0.5, 0.6) is 11.6 Å². The number of hydrogen-bond acceptors (Lipinski definition) is 7. The fourth-order valence-corrected chi connectivity index (χ4v) is 5.40. The van der Waals surface area contributed by atoms with E-state index in [9.17, 15) is 27.3 Å². The van der Waals surface area contributed by atoms with Crippen LogP contribution in [-0.2, 0) is 10.2 Å². The molecule has 1 aliphatic heterocycles. The van der Waals surface area contributed by atoms with Gasteiger partial charge in [0.2, 0.25) is 5.88 Å². The summed E-state index contributed by atoms with van der Waals surface area (Å²) in [7, 11) is -2.68. The third-order valence-corrected chi connectivity index (χ3v) is 7.83. The molecule has 2 aromatic carbocycles. The predicted octanol–water partition coefficient (Wildman–Crippen LogP) is 3.66. The number of aromatic nitrogens is 2. The van der Waals surface area contributed by atoms with Crippen molar-refractivity contribution in [3.63, 3.8) is 0 Å². The van der Waals surface area contributed by atoms with Gasteiger partial charge in [-0.3, -0.25) is 8.61 Å². The summed E-state index contributed by atoms with van der Waals surface area (Å²) in [4.78, 5) is 18.6. The van der Waals surface area contributed by atoms with Crippen molar-refractivity contribution in [2.24, 2.45) is 5.92 Å². The second kappa shape index (κ2) is 8.13. The van der Waals surface area contributed by atoms with E-state index in [2.05, 4.69) is 16.0 Å². The maximum atomic E-state index is 13.5. The van der Waals surface area contributed by atoms with Crippen LogP contribution in [0.4, 0.5) is 20.2 Å². The average molecular weight is 513 g/mol. The summed E-state index contributed by atoms with van der Waals surface area (Å²) in [5.41, 5.74) is 1.55. The van der Waals surface area contributed by atoms with E-state index in [4.69, 9.17) is 9.84 Å². The molecule has 36 heavy (non-hydrogen) atoms. The van der Waals surface area contributed by atoms with Crippen molar-refractivity contribution >= 4 is 27.6 Å². The number of fused-ring (bicyclic) bond motifs is 1. The van der Waals surface area contributed by atoms with E-state index in [1.54, 1.807) is 18.2 Å². The minimum absolute atomic E-state index is 0.0305. The summed E-state index contributed by atoms with van der Waals surface area (Å²) in [5, 5.41) is 18.6. The SMILES string of the molecule is CN1c2cc(-c3cc(Oc4cnc(C(=O)O)cn4)ccc3C#N)ccc2N(CC2CC2(F)F)S1(=O)=O. The van der Waals surface area contributed by atoms with E-state index in [0.717, 1.165) is 21.0 Å². The first-order valence-corrected chi connectivity index (χ1v) is 12.0. The Hall–Kier alpha value is -4.31. The zero-order valence-corrected chi connectivity index (χ0v) is 19.4. The molecule has 2 heterocycles. The van der Waals surface area contributed by atoms with E-state index in [-0.39, 0.29) is 41.5 Å². The molecule has 1 aromatic heterocycles. The highest BCUT2D eigenvalue weighted by atomic mass is 32.2. The van der Waals surface area contributed by atoms with Gasteiger partial charge in [0.1, 0.15) is 5.75 Å². The second-order valence-electron chi connectivity index (χ2n) is 8.34. The van der Waals surface area contributed by atoms with E-state index < -0.39 is 28.0 Å². The van der Waals surface area contributed by atoms with Crippen LogP contribution in [0.15, 0.2) is 48.8 Å². The van der Waals surface area contributed by atoms with Gasteiger partial charge < -0.3 is 9.84 Å². The summed E-state index contributed by atoms with van der Waals surface area (Å²) < 4.78 is 60.4. The molecule has 5 rings (SSSR count). The Balaban J connectivity index is 1.48. The molecule has 1 saturated carbocycles. The van der Waals surface area contributed by atoms with Gasteiger partial charge in [-0.1, -0.05) is 6.07 Å². The molecule has 0 bridgehead atoms. The number of ether oxygens (including phenoxy) is 1.